The third-order valence-electron chi connectivity index (χ3n) is 6.63. The maximum atomic E-state index is 11.0. The van der Waals surface area contributed by atoms with Crippen molar-refractivity contribution < 1.29 is 19.7 Å². The number of β-amino-alcohol motifs (C(OH)–C–C–N with tert-alkyl or cyclic N) is 1. The van der Waals surface area contributed by atoms with Crippen LogP contribution in [0.3, 0.4) is 0 Å². The van der Waals surface area contributed by atoms with Crippen LogP contribution in [-0.4, -0.2) is 41.0 Å². The molecular formula is C28H39NO4. The Kier molecular flexibility index (Phi) is 8.69. The van der Waals surface area contributed by atoms with Crippen molar-refractivity contribution in [3.8, 4) is 0 Å². The Hall–Kier alpha value is -2.21. The van der Waals surface area contributed by atoms with Gasteiger partial charge in [0.1, 0.15) is 0 Å². The average molecular weight is 454 g/mol. The number of aliphatic hydroxyl groups excluding tert-OH is 1. The molecule has 2 atom stereocenters. The quantitative estimate of drug-likeness (QED) is 0.437. The van der Waals surface area contributed by atoms with E-state index in [1.165, 1.54) is 11.1 Å². The molecule has 2 aromatic rings. The van der Waals surface area contributed by atoms with Crippen LogP contribution in [0.15, 0.2) is 42.5 Å². The van der Waals surface area contributed by atoms with Gasteiger partial charge in [-0.3, -0.25) is 4.79 Å². The molecule has 0 radical (unpaired) electrons. The summed E-state index contributed by atoms with van der Waals surface area (Å²) in [5, 5.41) is 23.1. The first-order valence-corrected chi connectivity index (χ1v) is 12.1. The molecule has 0 bridgehead atoms. The van der Waals surface area contributed by atoms with Gasteiger partial charge in [-0.05, 0) is 81.5 Å². The molecule has 1 aliphatic carbocycles. The van der Waals surface area contributed by atoms with Crippen molar-refractivity contribution in [2.45, 2.75) is 77.5 Å². The number of carboxylic acids is 1. The van der Waals surface area contributed by atoms with Crippen LogP contribution in [0.2, 0.25) is 0 Å². The van der Waals surface area contributed by atoms with E-state index >= 15 is 0 Å². The lowest BCUT2D eigenvalue weighted by Crippen LogP contribution is -2.45. The van der Waals surface area contributed by atoms with Crippen molar-refractivity contribution in [3.63, 3.8) is 0 Å². The second-order valence-corrected chi connectivity index (χ2v) is 10.2. The van der Waals surface area contributed by atoms with Gasteiger partial charge in [0.15, 0.2) is 0 Å². The van der Waals surface area contributed by atoms with Gasteiger partial charge < -0.3 is 20.3 Å². The van der Waals surface area contributed by atoms with E-state index in [1.807, 2.05) is 32.0 Å². The largest absolute Gasteiger partial charge is 0.481 e. The van der Waals surface area contributed by atoms with E-state index < -0.39 is 12.1 Å². The van der Waals surface area contributed by atoms with E-state index in [9.17, 15) is 9.90 Å². The highest BCUT2D eigenvalue weighted by Crippen LogP contribution is 2.32. The number of aryl methyl sites for hydroxylation is 2. The van der Waals surface area contributed by atoms with Gasteiger partial charge in [0.05, 0.1) is 18.8 Å². The zero-order valence-electron chi connectivity index (χ0n) is 20.4. The highest BCUT2D eigenvalue weighted by Gasteiger charge is 2.28. The minimum Gasteiger partial charge on any atom is -0.481 e. The summed E-state index contributed by atoms with van der Waals surface area (Å²) in [6, 6.07) is 14.8. The van der Waals surface area contributed by atoms with Gasteiger partial charge in [-0.1, -0.05) is 48.0 Å². The van der Waals surface area contributed by atoms with Crippen molar-refractivity contribution in [1.29, 1.82) is 0 Å². The lowest BCUT2D eigenvalue weighted by Gasteiger charge is -2.31. The van der Waals surface area contributed by atoms with Crippen LogP contribution in [0.1, 0.15) is 67.5 Å². The first-order valence-electron chi connectivity index (χ1n) is 12.1. The lowest BCUT2D eigenvalue weighted by molar-refractivity contribution is -0.136. The van der Waals surface area contributed by atoms with Crippen molar-refractivity contribution >= 4 is 5.97 Å². The first-order chi connectivity index (χ1) is 15.6. The predicted octanol–water partition coefficient (Wildman–Crippen LogP) is 4.62. The maximum Gasteiger partial charge on any atom is 0.303 e. The van der Waals surface area contributed by atoms with Crippen LogP contribution in [0, 0.1) is 12.8 Å². The summed E-state index contributed by atoms with van der Waals surface area (Å²) < 4.78 is 5.98. The smallest absolute Gasteiger partial charge is 0.303 e. The minimum atomic E-state index is -0.804. The number of ether oxygens (including phenoxy) is 1. The predicted molar refractivity (Wildman–Crippen MR) is 132 cm³/mol. The summed E-state index contributed by atoms with van der Waals surface area (Å²) in [5.74, 6) is -0.175. The van der Waals surface area contributed by atoms with Crippen LogP contribution in [-0.2, 0) is 28.8 Å². The Morgan fingerprint density at radius 2 is 1.85 bits per heavy atom. The molecule has 0 heterocycles. The number of hydrogen-bond acceptors (Lipinski definition) is 4. The number of fused-ring (bicyclic) bond motifs is 1. The SMILES string of the molecule is Cc1ccc([C@@H](C)OC[C@H](O)CNC(C)(C)CC2Cc3ccccc3C2)c(CCC(=O)O)c1. The lowest BCUT2D eigenvalue weighted by atomic mass is 9.88. The Bertz CT molecular complexity index is 914. The number of aliphatic hydroxyl groups is 1. The third-order valence-corrected chi connectivity index (χ3v) is 6.63. The number of benzene rings is 2. The molecule has 0 amide bonds. The van der Waals surface area contributed by atoms with E-state index in [1.54, 1.807) is 0 Å². The number of carboxylic acid groups (broad SMARTS) is 1. The number of hydrogen-bond donors (Lipinski definition) is 3. The number of rotatable bonds is 12. The summed E-state index contributed by atoms with van der Waals surface area (Å²) in [6.07, 6.45) is 3.06. The van der Waals surface area contributed by atoms with Crippen molar-refractivity contribution in [1.82, 2.24) is 5.32 Å². The van der Waals surface area contributed by atoms with E-state index in [2.05, 4.69) is 43.4 Å². The van der Waals surface area contributed by atoms with Gasteiger partial charge in [-0.2, -0.15) is 0 Å². The molecule has 3 rings (SSSR count). The Morgan fingerprint density at radius 1 is 1.18 bits per heavy atom. The highest BCUT2D eigenvalue weighted by molar-refractivity contribution is 5.67. The van der Waals surface area contributed by atoms with E-state index in [0.29, 0.717) is 18.9 Å². The van der Waals surface area contributed by atoms with Crippen LogP contribution < -0.4 is 5.32 Å². The van der Waals surface area contributed by atoms with Gasteiger partial charge in [0.25, 0.3) is 0 Å². The van der Waals surface area contributed by atoms with E-state index in [4.69, 9.17) is 9.84 Å². The standard InChI is InChI=1S/C28H39NO4/c1-19-9-11-26(24(13-19)10-12-27(31)32)20(2)33-18-25(30)17-29-28(3,4)16-21-14-22-7-5-6-8-23(22)15-21/h5-9,11,13,20-21,25,29-30H,10,12,14-18H2,1-4H3,(H,31,32)/t20-,25-/m1/s1. The highest BCUT2D eigenvalue weighted by atomic mass is 16.5. The van der Waals surface area contributed by atoms with Gasteiger partial charge in [0.2, 0.25) is 0 Å². The number of nitrogens with one attached hydrogen (secondary N) is 1. The van der Waals surface area contributed by atoms with Gasteiger partial charge in [0, 0.05) is 18.5 Å². The molecule has 3 N–H and O–H groups in total. The molecule has 2 aromatic carbocycles. The topological polar surface area (TPSA) is 78.8 Å². The summed E-state index contributed by atoms with van der Waals surface area (Å²) in [7, 11) is 0. The molecule has 0 unspecified atom stereocenters. The normalized spacial score (nSPS) is 15.9. The van der Waals surface area contributed by atoms with Crippen molar-refractivity contribution in [3.05, 3.63) is 70.3 Å². The van der Waals surface area contributed by atoms with Crippen LogP contribution in [0.5, 0.6) is 0 Å². The fourth-order valence-corrected chi connectivity index (χ4v) is 4.98. The third kappa shape index (κ3) is 7.66. The zero-order chi connectivity index (χ0) is 24.0. The summed E-state index contributed by atoms with van der Waals surface area (Å²) in [6.45, 7) is 9.06. The molecule has 0 aromatic heterocycles. The molecule has 1 aliphatic rings. The molecular weight excluding hydrogens is 414 g/mol. The number of aliphatic carboxylic acids is 1. The van der Waals surface area contributed by atoms with E-state index in [-0.39, 0.29) is 24.7 Å². The molecule has 180 valence electrons. The molecule has 0 saturated heterocycles. The molecule has 33 heavy (non-hydrogen) atoms. The van der Waals surface area contributed by atoms with Crippen molar-refractivity contribution in [2.75, 3.05) is 13.2 Å². The molecule has 0 saturated carbocycles. The van der Waals surface area contributed by atoms with Crippen LogP contribution in [0.4, 0.5) is 0 Å². The molecule has 0 spiro atoms. The first kappa shape index (κ1) is 25.4. The Labute approximate surface area is 198 Å². The Balaban J connectivity index is 1.45. The van der Waals surface area contributed by atoms with Gasteiger partial charge in [-0.15, -0.1) is 0 Å². The van der Waals surface area contributed by atoms with Gasteiger partial charge >= 0.3 is 5.97 Å². The van der Waals surface area contributed by atoms with Crippen LogP contribution in [0.25, 0.3) is 0 Å². The van der Waals surface area contributed by atoms with E-state index in [0.717, 1.165) is 36.0 Å². The average Bonchev–Trinajstić information content (AvgIpc) is 3.16. The second-order valence-electron chi connectivity index (χ2n) is 10.2. The van der Waals surface area contributed by atoms with Gasteiger partial charge in [-0.25, -0.2) is 0 Å². The Morgan fingerprint density at radius 3 is 2.48 bits per heavy atom. The molecule has 5 heteroatoms. The fourth-order valence-electron chi connectivity index (χ4n) is 4.98. The van der Waals surface area contributed by atoms with Crippen LogP contribution >= 0.6 is 0 Å². The second kappa shape index (κ2) is 11.3. The molecule has 0 aliphatic heterocycles. The monoisotopic (exact) mass is 453 g/mol. The maximum absolute atomic E-state index is 11.0. The summed E-state index contributed by atoms with van der Waals surface area (Å²) in [4.78, 5) is 11.0. The van der Waals surface area contributed by atoms with Crippen molar-refractivity contribution in [2.24, 2.45) is 5.92 Å². The molecule has 0 fully saturated rings. The zero-order valence-corrected chi connectivity index (χ0v) is 20.4. The minimum absolute atomic E-state index is 0.0692. The molecule has 5 nitrogen and oxygen atoms in total. The summed E-state index contributed by atoms with van der Waals surface area (Å²) >= 11 is 0. The fraction of sp³-hybridized carbons (Fsp3) is 0.536. The number of carbonyl (C=O) groups is 1. The summed E-state index contributed by atoms with van der Waals surface area (Å²) in [5.41, 5.74) is 5.96.